The highest BCUT2D eigenvalue weighted by atomic mass is 16.7. The van der Waals surface area contributed by atoms with Gasteiger partial charge in [-0.1, -0.05) is 0 Å². The number of nitrogens with two attached hydrogens (primary N) is 2. The summed E-state index contributed by atoms with van der Waals surface area (Å²) in [5.41, 5.74) is 11.1. The van der Waals surface area contributed by atoms with Crippen molar-refractivity contribution in [2.24, 2.45) is 11.5 Å². The van der Waals surface area contributed by atoms with Crippen molar-refractivity contribution >= 4 is 24.1 Å². The number of hydrogen-bond acceptors (Lipinski definition) is 23. The summed E-state index contributed by atoms with van der Waals surface area (Å²) in [6.45, 7) is 10.5. The van der Waals surface area contributed by atoms with Gasteiger partial charge in [-0.05, 0) is 175 Å². The van der Waals surface area contributed by atoms with Crippen molar-refractivity contribution in [2.45, 2.75) is 175 Å². The Balaban J connectivity index is 1.48. The molecular formula is C52H106N16O15. The molecule has 4 rings (SSSR count). The van der Waals surface area contributed by atoms with E-state index in [1.807, 2.05) is 0 Å². The van der Waals surface area contributed by atoms with Crippen LogP contribution in [0.2, 0.25) is 0 Å². The lowest BCUT2D eigenvalue weighted by molar-refractivity contribution is -0.334. The molecule has 4 fully saturated rings. The third kappa shape index (κ3) is 27.7. The lowest BCUT2D eigenvalue weighted by atomic mass is 9.83. The zero-order valence-corrected chi connectivity index (χ0v) is 48.5. The molecule has 484 valence electrons. The van der Waals surface area contributed by atoms with Crippen molar-refractivity contribution in [3.05, 3.63) is 0 Å². The Labute approximate surface area is 488 Å². The first-order chi connectivity index (χ1) is 40.3. The maximum absolute atomic E-state index is 13.7. The number of ether oxygens (including phenoxy) is 4. The van der Waals surface area contributed by atoms with Crippen molar-refractivity contribution in [2.75, 3.05) is 131 Å². The van der Waals surface area contributed by atoms with E-state index in [-0.39, 0.29) is 32.6 Å². The molecule has 15 atom stereocenters. The fourth-order valence-corrected chi connectivity index (χ4v) is 9.98. The SMILES string of the molecule is NCCCNCCCCNCCCNC(=O)NC[C@H]1O[C@H](O[C@H]2[C@H](O)[C@@H](O[C@H]3O[C@H](CO)[C@@H](O)[C@H](NC(=O)NCCCNCCCCNCCCN)[C@H]3O)[C@H]3C[C@@H]2NC(=O)NCCCNCCCCNCCCNC(=O)N3)[C@H](O)[C@@H](O)[C@@H]1O. The fourth-order valence-electron chi connectivity index (χ4n) is 9.98. The van der Waals surface area contributed by atoms with Gasteiger partial charge < -0.3 is 141 Å². The third-order valence-corrected chi connectivity index (χ3v) is 14.8. The van der Waals surface area contributed by atoms with E-state index in [2.05, 4.69) is 74.4 Å². The number of rotatable bonds is 32. The molecule has 8 amide bonds. The first-order valence-corrected chi connectivity index (χ1v) is 30.4. The summed E-state index contributed by atoms with van der Waals surface area (Å²) in [5, 5.41) is 121. The molecule has 31 heteroatoms. The number of urea groups is 4. The van der Waals surface area contributed by atoms with E-state index in [0.29, 0.717) is 71.5 Å². The van der Waals surface area contributed by atoms with Crippen molar-refractivity contribution in [1.29, 1.82) is 0 Å². The number of nitrogens with one attached hydrogen (secondary N) is 14. The van der Waals surface area contributed by atoms with Crippen molar-refractivity contribution in [1.82, 2.24) is 74.4 Å². The van der Waals surface area contributed by atoms with Gasteiger partial charge in [0.25, 0.3) is 0 Å². The quantitative estimate of drug-likeness (QED) is 0.0278. The second-order valence-corrected chi connectivity index (χ2v) is 21.5. The molecule has 1 aliphatic carbocycles. The monoisotopic (exact) mass is 1190 g/mol. The molecule has 3 heterocycles. The highest BCUT2D eigenvalue weighted by molar-refractivity contribution is 5.75. The van der Waals surface area contributed by atoms with Gasteiger partial charge in [0.15, 0.2) is 12.6 Å². The molecule has 0 radical (unpaired) electrons. The van der Waals surface area contributed by atoms with Crippen LogP contribution in [0.3, 0.4) is 0 Å². The summed E-state index contributed by atoms with van der Waals surface area (Å²) in [6, 6.07) is -6.66. The smallest absolute Gasteiger partial charge is 0.315 e. The maximum atomic E-state index is 13.7. The van der Waals surface area contributed by atoms with Crippen molar-refractivity contribution < 1.29 is 73.9 Å². The Bertz CT molecular complexity index is 1750. The normalized spacial score (nSPS) is 30.8. The molecule has 83 heavy (non-hydrogen) atoms. The van der Waals surface area contributed by atoms with Crippen LogP contribution in [0.5, 0.6) is 0 Å². The van der Waals surface area contributed by atoms with Gasteiger partial charge in [0, 0.05) is 32.7 Å². The van der Waals surface area contributed by atoms with Gasteiger partial charge >= 0.3 is 24.1 Å². The summed E-state index contributed by atoms with van der Waals surface area (Å²) in [5.74, 6) is 0. The number of carbonyl (C=O) groups is 4. The van der Waals surface area contributed by atoms with Crippen molar-refractivity contribution in [3.8, 4) is 0 Å². The number of hydrogen-bond donors (Lipinski definition) is 23. The summed E-state index contributed by atoms with van der Waals surface area (Å²) < 4.78 is 24.5. The highest BCUT2D eigenvalue weighted by Gasteiger charge is 2.54. The van der Waals surface area contributed by atoms with Gasteiger partial charge in [-0.15, -0.1) is 0 Å². The molecule has 0 aromatic carbocycles. The Morgan fingerprint density at radius 1 is 0.494 bits per heavy atom. The zero-order chi connectivity index (χ0) is 60.0. The van der Waals surface area contributed by atoms with Gasteiger partial charge in [-0.25, -0.2) is 19.2 Å². The van der Waals surface area contributed by atoms with Crippen LogP contribution in [0.4, 0.5) is 19.2 Å². The predicted molar refractivity (Wildman–Crippen MR) is 308 cm³/mol. The van der Waals surface area contributed by atoms with Crippen molar-refractivity contribution in [3.63, 3.8) is 0 Å². The van der Waals surface area contributed by atoms with Gasteiger partial charge in [0.2, 0.25) is 0 Å². The molecule has 0 aromatic rings. The first kappa shape index (κ1) is 71.8. The molecule has 0 unspecified atom stereocenters. The van der Waals surface area contributed by atoms with Crippen LogP contribution in [-0.4, -0.2) is 283 Å². The number of amides is 8. The molecule has 0 aromatic heterocycles. The standard InChI is InChI=1S/C52H106N16O15/c53-13-7-21-55-15-1-3-17-57-23-9-27-61-49(76)65-32-36-40(71)42(73)43(74)48(80-36)83-46-35-31-34(66-50(77)62-28-10-24-58-19-5-6-20-59-25-11-29-63-51(78)67-35)45(44(46)75)82-47-41(72)38(39(70)37(33-69)81-47)68-52(79)64-30-12-26-60-18-4-2-16-56-22-8-14-54/h34-48,55-60,69-75H,1-33,53-54H2,(H2,61,65,76)(H2,62,66,77)(H2,63,67,78)(H2,64,68,79)/t34-,35+,36-,37-,38+,39-,40-,41-,42+,43-,44-,45+,46-,47-,48-/m1/s1. The van der Waals surface area contributed by atoms with Gasteiger partial charge in [0.05, 0.1) is 24.7 Å². The van der Waals surface area contributed by atoms with Crippen LogP contribution < -0.4 is 85.9 Å². The van der Waals surface area contributed by atoms with Crippen LogP contribution in [0.1, 0.15) is 83.5 Å². The van der Waals surface area contributed by atoms with E-state index >= 15 is 0 Å². The second kappa shape index (κ2) is 43.0. The average Bonchev–Trinajstić information content (AvgIpc) is 3.31. The minimum atomic E-state index is -1.95. The van der Waals surface area contributed by atoms with Gasteiger partial charge in [0.1, 0.15) is 61.0 Å². The lowest BCUT2D eigenvalue weighted by Gasteiger charge is -2.49. The summed E-state index contributed by atoms with van der Waals surface area (Å²) in [7, 11) is 0. The molecule has 25 N–H and O–H groups in total. The Morgan fingerprint density at radius 3 is 1.43 bits per heavy atom. The zero-order valence-electron chi connectivity index (χ0n) is 48.5. The highest BCUT2D eigenvalue weighted by Crippen LogP contribution is 2.33. The molecule has 0 spiro atoms. The third-order valence-electron chi connectivity index (χ3n) is 14.8. The largest absolute Gasteiger partial charge is 0.394 e. The van der Waals surface area contributed by atoms with E-state index in [0.717, 1.165) is 104 Å². The van der Waals surface area contributed by atoms with E-state index in [1.54, 1.807) is 0 Å². The number of aliphatic hydroxyl groups excluding tert-OH is 7. The van der Waals surface area contributed by atoms with E-state index in [1.165, 1.54) is 0 Å². The molecule has 3 aliphatic heterocycles. The topological polar surface area (TPSA) is 467 Å². The molecule has 3 saturated heterocycles. The number of carbonyl (C=O) groups excluding carboxylic acids is 4. The molecule has 2 bridgehead atoms. The van der Waals surface area contributed by atoms with Gasteiger partial charge in [-0.2, -0.15) is 0 Å². The number of unbranched alkanes of at least 4 members (excludes halogenated alkanes) is 2. The van der Waals surface area contributed by atoms with E-state index in [4.69, 9.17) is 30.4 Å². The fraction of sp³-hybridized carbons (Fsp3) is 0.923. The molecule has 4 aliphatic rings. The Kier molecular flexibility index (Phi) is 37.2. The van der Waals surface area contributed by atoms with Crippen LogP contribution >= 0.6 is 0 Å². The Morgan fingerprint density at radius 2 is 0.940 bits per heavy atom. The van der Waals surface area contributed by atoms with Gasteiger partial charge in [-0.3, -0.25) is 0 Å². The van der Waals surface area contributed by atoms with E-state index < -0.39 is 122 Å². The van der Waals surface area contributed by atoms with Crippen LogP contribution in [0.25, 0.3) is 0 Å². The summed E-state index contributed by atoms with van der Waals surface area (Å²) in [4.78, 5) is 53.4. The first-order valence-electron chi connectivity index (χ1n) is 30.4. The summed E-state index contributed by atoms with van der Waals surface area (Å²) >= 11 is 0. The summed E-state index contributed by atoms with van der Waals surface area (Å²) in [6.07, 6.45) is -10.9. The van der Waals surface area contributed by atoms with Crippen LogP contribution in [0, 0.1) is 0 Å². The minimum Gasteiger partial charge on any atom is -0.394 e. The Hall–Kier alpha value is -3.68. The molecular weight excluding hydrogens is 1090 g/mol. The van der Waals surface area contributed by atoms with Crippen LogP contribution in [0.15, 0.2) is 0 Å². The number of aliphatic hydroxyl groups is 7. The average molecular weight is 1200 g/mol. The number of fused-ring (bicyclic) bond motifs is 2. The van der Waals surface area contributed by atoms with E-state index in [9.17, 15) is 54.9 Å². The maximum Gasteiger partial charge on any atom is 0.315 e. The predicted octanol–water partition coefficient (Wildman–Crippen LogP) is -6.78. The van der Waals surface area contributed by atoms with Crippen LogP contribution in [-0.2, 0) is 18.9 Å². The molecule has 31 nitrogen and oxygen atoms in total. The second-order valence-electron chi connectivity index (χ2n) is 21.5. The molecule has 1 saturated carbocycles. The minimum absolute atomic E-state index is 0.237. The lowest BCUT2D eigenvalue weighted by Crippen LogP contribution is -2.71.